The van der Waals surface area contributed by atoms with Crippen molar-refractivity contribution in [1.82, 2.24) is 0 Å². The van der Waals surface area contributed by atoms with Gasteiger partial charge in [0.2, 0.25) is 0 Å². The zero-order valence-electron chi connectivity index (χ0n) is 12.8. The maximum Gasteiger partial charge on any atom is 0.196 e. The molecule has 0 unspecified atom stereocenters. The Morgan fingerprint density at radius 2 is 1.25 bits per heavy atom. The predicted octanol–water partition coefficient (Wildman–Crippen LogP) is 4.21. The highest BCUT2D eigenvalue weighted by Gasteiger charge is 2.31. The number of hydrogen-bond acceptors (Lipinski definition) is 3. The van der Waals surface area contributed by atoms with Crippen molar-refractivity contribution in [2.45, 2.75) is 0 Å². The molecule has 3 aromatic carbocycles. The number of carbonyl (C=O) groups excluding carboxylic acids is 2. The first-order valence-corrected chi connectivity index (χ1v) is 7.66. The Bertz CT molecular complexity index is 988. The number of nitrogens with zero attached hydrogens (tertiary/aromatic N) is 1. The number of ketones is 2. The van der Waals surface area contributed by atoms with Crippen LogP contribution in [-0.2, 0) is 0 Å². The van der Waals surface area contributed by atoms with Gasteiger partial charge >= 0.3 is 0 Å². The molecule has 24 heavy (non-hydrogen) atoms. The van der Waals surface area contributed by atoms with Gasteiger partial charge in [-0.2, -0.15) is 0 Å². The third kappa shape index (κ3) is 2.27. The van der Waals surface area contributed by atoms with Crippen LogP contribution in [0.2, 0.25) is 0 Å². The second kappa shape index (κ2) is 5.70. The molecule has 0 bridgehead atoms. The van der Waals surface area contributed by atoms with Gasteiger partial charge in [0.1, 0.15) is 0 Å². The van der Waals surface area contributed by atoms with Crippen molar-refractivity contribution in [3.63, 3.8) is 0 Å². The van der Waals surface area contributed by atoms with E-state index in [1.165, 1.54) is 0 Å². The Morgan fingerprint density at radius 1 is 0.625 bits per heavy atom. The van der Waals surface area contributed by atoms with E-state index in [0.29, 0.717) is 27.9 Å². The molecule has 0 amide bonds. The van der Waals surface area contributed by atoms with E-state index < -0.39 is 0 Å². The SMILES string of the molecule is O=C1c2ccccc2C(=O)c2c(N=Cc3ccccc3)cccc21. The van der Waals surface area contributed by atoms with E-state index >= 15 is 0 Å². The molecule has 3 nitrogen and oxygen atoms in total. The molecule has 0 N–H and O–H groups in total. The zero-order chi connectivity index (χ0) is 16.5. The Balaban J connectivity index is 1.84. The largest absolute Gasteiger partial charge is 0.289 e. The van der Waals surface area contributed by atoms with Gasteiger partial charge in [0.05, 0.1) is 11.3 Å². The summed E-state index contributed by atoms with van der Waals surface area (Å²) in [5, 5.41) is 0. The van der Waals surface area contributed by atoms with Crippen LogP contribution < -0.4 is 0 Å². The first-order chi connectivity index (χ1) is 11.8. The summed E-state index contributed by atoms with van der Waals surface area (Å²) < 4.78 is 0. The lowest BCUT2D eigenvalue weighted by molar-refractivity contribution is 0.0979. The average molecular weight is 311 g/mol. The van der Waals surface area contributed by atoms with Crippen molar-refractivity contribution >= 4 is 23.5 Å². The van der Waals surface area contributed by atoms with Crippen LogP contribution in [0.3, 0.4) is 0 Å². The van der Waals surface area contributed by atoms with E-state index in [9.17, 15) is 9.59 Å². The molecule has 0 radical (unpaired) electrons. The molecule has 0 aliphatic heterocycles. The highest BCUT2D eigenvalue weighted by molar-refractivity contribution is 6.30. The van der Waals surface area contributed by atoms with Crippen LogP contribution >= 0.6 is 0 Å². The van der Waals surface area contributed by atoms with Gasteiger partial charge in [0.15, 0.2) is 11.6 Å². The van der Waals surface area contributed by atoms with Gasteiger partial charge in [0.25, 0.3) is 0 Å². The van der Waals surface area contributed by atoms with Gasteiger partial charge in [0, 0.05) is 22.9 Å². The molecule has 0 aromatic heterocycles. The summed E-state index contributed by atoms with van der Waals surface area (Å²) in [6.07, 6.45) is 1.70. The molecule has 4 rings (SSSR count). The summed E-state index contributed by atoms with van der Waals surface area (Å²) in [5.74, 6) is -0.280. The maximum atomic E-state index is 12.9. The van der Waals surface area contributed by atoms with Gasteiger partial charge < -0.3 is 0 Å². The van der Waals surface area contributed by atoms with Gasteiger partial charge in [-0.15, -0.1) is 0 Å². The molecule has 0 heterocycles. The summed E-state index contributed by atoms with van der Waals surface area (Å²) >= 11 is 0. The summed E-state index contributed by atoms with van der Waals surface area (Å²) in [5.41, 5.74) is 3.15. The first-order valence-electron chi connectivity index (χ1n) is 7.66. The van der Waals surface area contributed by atoms with Crippen LogP contribution in [0.1, 0.15) is 37.4 Å². The molecule has 1 aliphatic rings. The number of aliphatic imine (C=N–C) groups is 1. The normalized spacial score (nSPS) is 13.0. The van der Waals surface area contributed by atoms with E-state index in [4.69, 9.17) is 0 Å². The third-order valence-electron chi connectivity index (χ3n) is 4.08. The minimum atomic E-state index is -0.152. The predicted molar refractivity (Wildman–Crippen MR) is 93.4 cm³/mol. The second-order valence-electron chi connectivity index (χ2n) is 5.57. The standard InChI is InChI=1S/C21H13NO2/c23-20-15-9-4-5-10-16(15)21(24)19-17(20)11-6-12-18(19)22-13-14-7-2-1-3-8-14/h1-13H. The van der Waals surface area contributed by atoms with E-state index in [0.717, 1.165) is 5.56 Å². The van der Waals surface area contributed by atoms with Crippen LogP contribution in [0, 0.1) is 0 Å². The molecule has 0 saturated heterocycles. The molecule has 114 valence electrons. The number of fused-ring (bicyclic) bond motifs is 2. The molecular weight excluding hydrogens is 298 g/mol. The molecule has 0 saturated carbocycles. The van der Waals surface area contributed by atoms with Gasteiger partial charge in [-0.3, -0.25) is 14.6 Å². The van der Waals surface area contributed by atoms with Gasteiger partial charge in [-0.25, -0.2) is 0 Å². The van der Waals surface area contributed by atoms with Gasteiger partial charge in [-0.05, 0) is 11.6 Å². The van der Waals surface area contributed by atoms with E-state index in [1.54, 1.807) is 48.7 Å². The fourth-order valence-corrected chi connectivity index (χ4v) is 2.92. The van der Waals surface area contributed by atoms with Crippen LogP contribution in [0.4, 0.5) is 5.69 Å². The summed E-state index contributed by atoms with van der Waals surface area (Å²) in [6, 6.07) is 21.8. The van der Waals surface area contributed by atoms with Crippen molar-refractivity contribution in [3.8, 4) is 0 Å². The summed E-state index contributed by atoms with van der Waals surface area (Å²) in [7, 11) is 0. The fourth-order valence-electron chi connectivity index (χ4n) is 2.92. The van der Waals surface area contributed by atoms with Crippen molar-refractivity contribution < 1.29 is 9.59 Å². The Hall–Kier alpha value is -3.33. The summed E-state index contributed by atoms with van der Waals surface area (Å²) in [4.78, 5) is 30.0. The monoisotopic (exact) mass is 311 g/mol. The minimum Gasteiger partial charge on any atom is -0.289 e. The van der Waals surface area contributed by atoms with Gasteiger partial charge in [-0.1, -0.05) is 66.7 Å². The molecule has 0 atom stereocenters. The fraction of sp³-hybridized carbons (Fsp3) is 0. The molecule has 3 aromatic rings. The lowest BCUT2D eigenvalue weighted by atomic mass is 9.83. The lowest BCUT2D eigenvalue weighted by Crippen LogP contribution is -2.20. The molecule has 0 spiro atoms. The number of benzene rings is 3. The molecule has 1 aliphatic carbocycles. The maximum absolute atomic E-state index is 12.9. The van der Waals surface area contributed by atoms with Crippen molar-refractivity contribution in [1.29, 1.82) is 0 Å². The zero-order valence-corrected chi connectivity index (χ0v) is 12.8. The minimum absolute atomic E-state index is 0.128. The van der Waals surface area contributed by atoms with Crippen molar-refractivity contribution in [2.24, 2.45) is 4.99 Å². The van der Waals surface area contributed by atoms with E-state index in [2.05, 4.69) is 4.99 Å². The lowest BCUT2D eigenvalue weighted by Gasteiger charge is -2.18. The first kappa shape index (κ1) is 14.3. The number of carbonyl (C=O) groups is 2. The number of rotatable bonds is 2. The second-order valence-corrected chi connectivity index (χ2v) is 5.57. The number of hydrogen-bond donors (Lipinski definition) is 0. The van der Waals surface area contributed by atoms with Crippen LogP contribution in [0.25, 0.3) is 0 Å². The Kier molecular flexibility index (Phi) is 3.39. The van der Waals surface area contributed by atoms with Crippen LogP contribution in [0.15, 0.2) is 77.8 Å². The molecule has 3 heteroatoms. The highest BCUT2D eigenvalue weighted by atomic mass is 16.1. The van der Waals surface area contributed by atoms with Crippen LogP contribution in [-0.4, -0.2) is 17.8 Å². The van der Waals surface area contributed by atoms with E-state index in [1.807, 2.05) is 30.3 Å². The van der Waals surface area contributed by atoms with E-state index in [-0.39, 0.29) is 11.6 Å². The smallest absolute Gasteiger partial charge is 0.196 e. The van der Waals surface area contributed by atoms with Crippen molar-refractivity contribution in [2.75, 3.05) is 0 Å². The molecule has 0 fully saturated rings. The highest BCUT2D eigenvalue weighted by Crippen LogP contribution is 2.33. The Labute approximate surface area is 139 Å². The van der Waals surface area contributed by atoms with Crippen molar-refractivity contribution in [3.05, 3.63) is 101 Å². The van der Waals surface area contributed by atoms with Crippen LogP contribution in [0.5, 0.6) is 0 Å². The molecular formula is C21H13NO2. The topological polar surface area (TPSA) is 46.5 Å². The third-order valence-corrected chi connectivity index (χ3v) is 4.08. The average Bonchev–Trinajstić information content (AvgIpc) is 2.65. The Morgan fingerprint density at radius 3 is 2.00 bits per heavy atom. The quantitative estimate of drug-likeness (QED) is 0.521. The summed E-state index contributed by atoms with van der Waals surface area (Å²) in [6.45, 7) is 0.